The van der Waals surface area contributed by atoms with Crippen molar-refractivity contribution in [2.75, 3.05) is 6.61 Å². The van der Waals surface area contributed by atoms with Gasteiger partial charge in [0.05, 0.1) is 18.7 Å². The highest BCUT2D eigenvalue weighted by Gasteiger charge is 2.23. The molecule has 0 heterocycles. The first-order valence-corrected chi connectivity index (χ1v) is 8.35. The van der Waals surface area contributed by atoms with Crippen LogP contribution in [-0.4, -0.2) is 18.6 Å². The van der Waals surface area contributed by atoms with E-state index in [0.717, 1.165) is 0 Å². The Balaban J connectivity index is 0.00000288. The molecule has 0 aromatic heterocycles. The summed E-state index contributed by atoms with van der Waals surface area (Å²) in [5, 5.41) is 2.84. The topological polar surface area (TPSA) is 64.4 Å². The van der Waals surface area contributed by atoms with Gasteiger partial charge in [-0.3, -0.25) is 4.79 Å². The molecule has 1 aromatic rings. The van der Waals surface area contributed by atoms with E-state index in [-0.39, 0.29) is 30.1 Å². The van der Waals surface area contributed by atoms with E-state index in [2.05, 4.69) is 5.32 Å². The molecule has 1 fully saturated rings. The minimum atomic E-state index is -0.538. The highest BCUT2D eigenvalue weighted by Crippen LogP contribution is 2.30. The lowest BCUT2D eigenvalue weighted by molar-refractivity contribution is -0.123. The molecule has 136 valence electrons. The van der Waals surface area contributed by atoms with Crippen LogP contribution in [0, 0.1) is 17.7 Å². The summed E-state index contributed by atoms with van der Waals surface area (Å²) in [6.45, 7) is 6.44. The number of rotatable bonds is 8. The van der Waals surface area contributed by atoms with E-state index >= 15 is 0 Å². The molecule has 0 aliphatic heterocycles. The number of hydrogen-bond donors (Lipinski definition) is 2. The molecule has 2 rings (SSSR count). The van der Waals surface area contributed by atoms with Gasteiger partial charge in [-0.25, -0.2) is 4.39 Å². The average Bonchev–Trinajstić information content (AvgIpc) is 3.29. The Morgan fingerprint density at radius 3 is 2.58 bits per heavy atom. The first-order chi connectivity index (χ1) is 10.9. The third kappa shape index (κ3) is 6.29. The van der Waals surface area contributed by atoms with Crippen LogP contribution >= 0.6 is 12.4 Å². The van der Waals surface area contributed by atoms with Gasteiger partial charge in [-0.1, -0.05) is 19.9 Å². The molecular weight excluding hydrogens is 331 g/mol. The fourth-order valence-electron chi connectivity index (χ4n) is 2.41. The molecule has 3 N–H and O–H groups in total. The number of amides is 1. The summed E-state index contributed by atoms with van der Waals surface area (Å²) in [5.41, 5.74) is 6.57. The van der Waals surface area contributed by atoms with Crippen molar-refractivity contribution < 1.29 is 13.9 Å². The Hall–Kier alpha value is -1.33. The van der Waals surface area contributed by atoms with Gasteiger partial charge in [-0.15, -0.1) is 12.4 Å². The number of benzene rings is 1. The number of halogens is 2. The SMILES string of the molecule is CC(C)C[C@H](N)C(=O)NC(C)c1ccc(OCC2CC2)c(F)c1.Cl. The van der Waals surface area contributed by atoms with Crippen molar-refractivity contribution in [2.45, 2.75) is 52.1 Å². The van der Waals surface area contributed by atoms with Gasteiger partial charge in [-0.2, -0.15) is 0 Å². The lowest BCUT2D eigenvalue weighted by atomic mass is 10.0. The number of nitrogens with one attached hydrogen (secondary N) is 1. The van der Waals surface area contributed by atoms with E-state index in [1.165, 1.54) is 18.9 Å². The lowest BCUT2D eigenvalue weighted by Crippen LogP contribution is -2.42. The predicted molar refractivity (Wildman–Crippen MR) is 95.9 cm³/mol. The van der Waals surface area contributed by atoms with Gasteiger partial charge in [0.15, 0.2) is 11.6 Å². The van der Waals surface area contributed by atoms with Gasteiger partial charge in [0.1, 0.15) is 0 Å². The van der Waals surface area contributed by atoms with Crippen LogP contribution in [0.4, 0.5) is 4.39 Å². The van der Waals surface area contributed by atoms with Gasteiger partial charge < -0.3 is 15.8 Å². The van der Waals surface area contributed by atoms with Crippen molar-refractivity contribution in [1.82, 2.24) is 5.32 Å². The molecule has 1 aliphatic carbocycles. The van der Waals surface area contributed by atoms with Crippen LogP contribution in [0.3, 0.4) is 0 Å². The number of hydrogen-bond acceptors (Lipinski definition) is 3. The monoisotopic (exact) mass is 358 g/mol. The maximum Gasteiger partial charge on any atom is 0.237 e. The smallest absolute Gasteiger partial charge is 0.237 e. The van der Waals surface area contributed by atoms with Crippen LogP contribution in [0.25, 0.3) is 0 Å². The Labute approximate surface area is 149 Å². The molecule has 1 aromatic carbocycles. The van der Waals surface area contributed by atoms with Gasteiger partial charge in [0.25, 0.3) is 0 Å². The van der Waals surface area contributed by atoms with Crippen LogP contribution in [0.2, 0.25) is 0 Å². The first kappa shape index (κ1) is 20.7. The summed E-state index contributed by atoms with van der Waals surface area (Å²) >= 11 is 0. The van der Waals surface area contributed by atoms with Crippen molar-refractivity contribution in [2.24, 2.45) is 17.6 Å². The maximum atomic E-state index is 14.1. The molecular formula is C18H28ClFN2O2. The van der Waals surface area contributed by atoms with Gasteiger partial charge in [-0.05, 0) is 55.7 Å². The highest BCUT2D eigenvalue weighted by atomic mass is 35.5. The van der Waals surface area contributed by atoms with Crippen LogP contribution in [0.15, 0.2) is 18.2 Å². The van der Waals surface area contributed by atoms with Crippen molar-refractivity contribution in [3.8, 4) is 5.75 Å². The minimum absolute atomic E-state index is 0. The molecule has 0 saturated heterocycles. The minimum Gasteiger partial charge on any atom is -0.490 e. The van der Waals surface area contributed by atoms with Gasteiger partial charge in [0.2, 0.25) is 5.91 Å². The summed E-state index contributed by atoms with van der Waals surface area (Å²) in [5.74, 6) is 0.605. The molecule has 0 radical (unpaired) electrons. The molecule has 1 aliphatic rings. The summed E-state index contributed by atoms with van der Waals surface area (Å²) in [4.78, 5) is 12.0. The van der Waals surface area contributed by atoms with Crippen molar-refractivity contribution in [1.29, 1.82) is 0 Å². The zero-order chi connectivity index (χ0) is 17.0. The van der Waals surface area contributed by atoms with Gasteiger partial charge >= 0.3 is 0 Å². The maximum absolute atomic E-state index is 14.1. The Morgan fingerprint density at radius 1 is 1.38 bits per heavy atom. The zero-order valence-electron chi connectivity index (χ0n) is 14.5. The number of carbonyl (C=O) groups is 1. The van der Waals surface area contributed by atoms with E-state index in [9.17, 15) is 9.18 Å². The van der Waals surface area contributed by atoms with E-state index in [1.807, 2.05) is 20.8 Å². The fourth-order valence-corrected chi connectivity index (χ4v) is 2.41. The van der Waals surface area contributed by atoms with Crippen molar-refractivity contribution in [3.63, 3.8) is 0 Å². The summed E-state index contributed by atoms with van der Waals surface area (Å²) in [7, 11) is 0. The predicted octanol–water partition coefficient (Wildman–Crippen LogP) is 3.59. The third-order valence-electron chi connectivity index (χ3n) is 4.05. The summed E-state index contributed by atoms with van der Waals surface area (Å²) in [6, 6.07) is 3.99. The number of carbonyl (C=O) groups excluding carboxylic acids is 1. The summed E-state index contributed by atoms with van der Waals surface area (Å²) in [6.07, 6.45) is 2.96. The standard InChI is InChI=1S/C18H27FN2O2.ClH/c1-11(2)8-16(20)18(22)21-12(3)14-6-7-17(15(19)9-14)23-10-13-4-5-13;/h6-7,9,11-13,16H,4-5,8,10,20H2,1-3H3,(H,21,22);1H/t12?,16-;/m0./s1. The molecule has 1 amide bonds. The van der Waals surface area contributed by atoms with Crippen molar-refractivity contribution in [3.05, 3.63) is 29.6 Å². The van der Waals surface area contributed by atoms with Crippen LogP contribution in [0.1, 0.15) is 51.6 Å². The van der Waals surface area contributed by atoms with Gasteiger partial charge in [0, 0.05) is 0 Å². The molecule has 4 nitrogen and oxygen atoms in total. The second-order valence-corrected chi connectivity index (χ2v) is 6.91. The van der Waals surface area contributed by atoms with E-state index in [1.54, 1.807) is 12.1 Å². The molecule has 6 heteroatoms. The van der Waals surface area contributed by atoms with E-state index in [0.29, 0.717) is 30.4 Å². The Morgan fingerprint density at radius 2 is 2.04 bits per heavy atom. The van der Waals surface area contributed by atoms with Crippen LogP contribution in [0.5, 0.6) is 5.75 Å². The molecule has 1 unspecified atom stereocenters. The Bertz CT molecular complexity index is 550. The number of ether oxygens (including phenoxy) is 1. The average molecular weight is 359 g/mol. The molecule has 0 bridgehead atoms. The lowest BCUT2D eigenvalue weighted by Gasteiger charge is -2.19. The van der Waals surface area contributed by atoms with E-state index < -0.39 is 11.9 Å². The third-order valence-corrected chi connectivity index (χ3v) is 4.05. The highest BCUT2D eigenvalue weighted by molar-refractivity contribution is 5.85. The molecule has 2 atom stereocenters. The Kier molecular flexibility index (Phi) is 7.97. The number of nitrogens with two attached hydrogens (primary N) is 1. The second kappa shape index (κ2) is 9.23. The summed E-state index contributed by atoms with van der Waals surface area (Å²) < 4.78 is 19.6. The van der Waals surface area contributed by atoms with Crippen molar-refractivity contribution >= 4 is 18.3 Å². The quantitative estimate of drug-likeness (QED) is 0.746. The zero-order valence-corrected chi connectivity index (χ0v) is 15.4. The molecule has 24 heavy (non-hydrogen) atoms. The fraction of sp³-hybridized carbons (Fsp3) is 0.611. The normalized spacial score (nSPS) is 16.2. The largest absolute Gasteiger partial charge is 0.490 e. The second-order valence-electron chi connectivity index (χ2n) is 6.91. The van der Waals surface area contributed by atoms with Crippen LogP contribution < -0.4 is 15.8 Å². The molecule has 0 spiro atoms. The van der Waals surface area contributed by atoms with Crippen LogP contribution in [-0.2, 0) is 4.79 Å². The molecule has 1 saturated carbocycles. The first-order valence-electron chi connectivity index (χ1n) is 8.35. The van der Waals surface area contributed by atoms with E-state index in [4.69, 9.17) is 10.5 Å².